The Balaban J connectivity index is 2.42. The number of carbonyl (C=O) groups is 2. The van der Waals surface area contributed by atoms with E-state index < -0.39 is 34.3 Å². The molecule has 0 aromatic heterocycles. The number of halogens is 2. The molecule has 10 heteroatoms. The zero-order valence-electron chi connectivity index (χ0n) is 19.1. The number of nitrogens with zero attached hydrogens (tertiary/aromatic N) is 2. The Morgan fingerprint density at radius 1 is 1.06 bits per heavy atom. The van der Waals surface area contributed by atoms with Crippen LogP contribution in [0, 0.1) is 5.82 Å². The molecule has 0 radical (unpaired) electrons. The summed E-state index contributed by atoms with van der Waals surface area (Å²) in [6.45, 7) is 4.96. The molecule has 2 rings (SSSR count). The van der Waals surface area contributed by atoms with E-state index in [2.05, 4.69) is 21.2 Å². The summed E-state index contributed by atoms with van der Waals surface area (Å²) in [6.07, 6.45) is 1.35. The monoisotopic (exact) mass is 541 g/mol. The van der Waals surface area contributed by atoms with E-state index in [4.69, 9.17) is 0 Å². The Kier molecular flexibility index (Phi) is 9.42. The largest absolute Gasteiger partial charge is 0.352 e. The number of rotatable bonds is 10. The number of carbonyl (C=O) groups excluding carboxylic acids is 2. The lowest BCUT2D eigenvalue weighted by molar-refractivity contribution is -0.140. The standard InChI is InChI=1S/C23H29BrFN3O4S/c1-5-21(23(30)26-16(2)3)27(14-17-6-10-19(25)11-7-17)22(29)15-28(33(4,31)32)20-12-8-18(24)9-13-20/h6-13,16,21H,5,14-15H2,1-4H3,(H,26,30)/t21-/m0/s1. The fourth-order valence-corrected chi connectivity index (χ4v) is 4.42. The molecule has 2 aromatic rings. The molecule has 0 spiro atoms. The van der Waals surface area contributed by atoms with Gasteiger partial charge in [0.05, 0.1) is 11.9 Å². The predicted molar refractivity (Wildman–Crippen MR) is 131 cm³/mol. The third-order valence-electron chi connectivity index (χ3n) is 4.88. The summed E-state index contributed by atoms with van der Waals surface area (Å²) in [5.74, 6) is -1.30. The Morgan fingerprint density at radius 2 is 1.64 bits per heavy atom. The van der Waals surface area contributed by atoms with Gasteiger partial charge in [0.1, 0.15) is 18.4 Å². The van der Waals surface area contributed by atoms with Crippen LogP contribution < -0.4 is 9.62 Å². The molecule has 2 aromatic carbocycles. The third kappa shape index (κ3) is 7.82. The highest BCUT2D eigenvalue weighted by Gasteiger charge is 2.31. The number of hydrogen-bond donors (Lipinski definition) is 1. The van der Waals surface area contributed by atoms with Gasteiger partial charge in [-0.2, -0.15) is 0 Å². The van der Waals surface area contributed by atoms with Crippen molar-refractivity contribution in [2.24, 2.45) is 0 Å². The lowest BCUT2D eigenvalue weighted by Crippen LogP contribution is -2.53. The lowest BCUT2D eigenvalue weighted by Gasteiger charge is -2.33. The van der Waals surface area contributed by atoms with Gasteiger partial charge in [-0.1, -0.05) is 35.0 Å². The molecule has 180 valence electrons. The minimum atomic E-state index is -3.79. The van der Waals surface area contributed by atoms with Crippen molar-refractivity contribution in [1.29, 1.82) is 0 Å². The van der Waals surface area contributed by atoms with Gasteiger partial charge >= 0.3 is 0 Å². The summed E-state index contributed by atoms with van der Waals surface area (Å²) in [6, 6.07) is 11.2. The van der Waals surface area contributed by atoms with E-state index in [1.165, 1.54) is 29.2 Å². The van der Waals surface area contributed by atoms with Gasteiger partial charge in [-0.05, 0) is 62.2 Å². The number of hydrogen-bond acceptors (Lipinski definition) is 4. The fourth-order valence-electron chi connectivity index (χ4n) is 3.31. The average molecular weight is 542 g/mol. The summed E-state index contributed by atoms with van der Waals surface area (Å²) in [5, 5.41) is 2.82. The molecule has 0 aliphatic heterocycles. The lowest BCUT2D eigenvalue weighted by atomic mass is 10.1. The molecule has 0 bridgehead atoms. The smallest absolute Gasteiger partial charge is 0.244 e. The molecule has 33 heavy (non-hydrogen) atoms. The number of sulfonamides is 1. The Morgan fingerprint density at radius 3 is 2.12 bits per heavy atom. The zero-order chi connectivity index (χ0) is 24.8. The van der Waals surface area contributed by atoms with Gasteiger partial charge in [0.15, 0.2) is 0 Å². The van der Waals surface area contributed by atoms with E-state index in [-0.39, 0.29) is 18.5 Å². The second kappa shape index (κ2) is 11.6. The Labute approximate surface area is 203 Å². The average Bonchev–Trinajstić information content (AvgIpc) is 2.72. The zero-order valence-corrected chi connectivity index (χ0v) is 21.5. The molecule has 0 aliphatic rings. The van der Waals surface area contributed by atoms with E-state index in [9.17, 15) is 22.4 Å². The van der Waals surface area contributed by atoms with Crippen molar-refractivity contribution in [3.63, 3.8) is 0 Å². The quantitative estimate of drug-likeness (QED) is 0.497. The first-order valence-electron chi connectivity index (χ1n) is 10.5. The van der Waals surface area contributed by atoms with Gasteiger partial charge in [-0.3, -0.25) is 13.9 Å². The number of benzene rings is 2. The first kappa shape index (κ1) is 26.8. The third-order valence-corrected chi connectivity index (χ3v) is 6.55. The number of anilines is 1. The van der Waals surface area contributed by atoms with Crippen molar-refractivity contribution < 1.29 is 22.4 Å². The SMILES string of the molecule is CC[C@@H](C(=O)NC(C)C)N(Cc1ccc(F)cc1)C(=O)CN(c1ccc(Br)cc1)S(C)(=O)=O. The van der Waals surface area contributed by atoms with Gasteiger partial charge in [0, 0.05) is 17.1 Å². The van der Waals surface area contributed by atoms with E-state index in [1.54, 1.807) is 31.2 Å². The molecule has 0 fully saturated rings. The minimum absolute atomic E-state index is 0.0288. The highest BCUT2D eigenvalue weighted by molar-refractivity contribution is 9.10. The number of amides is 2. The van der Waals surface area contributed by atoms with Gasteiger partial charge in [0.2, 0.25) is 21.8 Å². The molecule has 2 amide bonds. The van der Waals surface area contributed by atoms with Crippen molar-refractivity contribution in [2.75, 3.05) is 17.1 Å². The fraction of sp³-hybridized carbons (Fsp3) is 0.391. The molecule has 1 atom stereocenters. The number of nitrogens with one attached hydrogen (secondary N) is 1. The molecule has 0 heterocycles. The van der Waals surface area contributed by atoms with Gasteiger partial charge < -0.3 is 10.2 Å². The second-order valence-electron chi connectivity index (χ2n) is 7.98. The van der Waals surface area contributed by atoms with E-state index in [1.807, 2.05) is 13.8 Å². The summed E-state index contributed by atoms with van der Waals surface area (Å²) in [7, 11) is -3.79. The van der Waals surface area contributed by atoms with E-state index in [0.29, 0.717) is 17.7 Å². The summed E-state index contributed by atoms with van der Waals surface area (Å²) in [4.78, 5) is 27.7. The Hall–Kier alpha value is -2.46. The molecule has 0 unspecified atom stereocenters. The molecule has 1 N–H and O–H groups in total. The van der Waals surface area contributed by atoms with Gasteiger partial charge in [-0.15, -0.1) is 0 Å². The van der Waals surface area contributed by atoms with E-state index >= 15 is 0 Å². The van der Waals surface area contributed by atoms with Crippen LogP contribution in [0.4, 0.5) is 10.1 Å². The van der Waals surface area contributed by atoms with Crippen molar-refractivity contribution in [1.82, 2.24) is 10.2 Å². The highest BCUT2D eigenvalue weighted by Crippen LogP contribution is 2.22. The molecule has 0 aliphatic carbocycles. The molecule has 0 saturated heterocycles. The maximum atomic E-state index is 13.5. The van der Waals surface area contributed by atoms with Crippen molar-refractivity contribution >= 4 is 43.5 Å². The predicted octanol–water partition coefficient (Wildman–Crippen LogP) is 3.69. The normalized spacial score (nSPS) is 12.3. The van der Waals surface area contributed by atoms with Crippen LogP contribution in [0.2, 0.25) is 0 Å². The van der Waals surface area contributed by atoms with Crippen LogP contribution in [-0.4, -0.2) is 50.0 Å². The maximum absolute atomic E-state index is 13.5. The second-order valence-corrected chi connectivity index (χ2v) is 10.8. The van der Waals surface area contributed by atoms with Crippen LogP contribution in [-0.2, 0) is 26.2 Å². The van der Waals surface area contributed by atoms with Crippen LogP contribution in [0.1, 0.15) is 32.8 Å². The molecular weight excluding hydrogens is 513 g/mol. The summed E-state index contributed by atoms with van der Waals surface area (Å²) >= 11 is 3.31. The van der Waals surface area contributed by atoms with Crippen molar-refractivity contribution in [2.45, 2.75) is 45.8 Å². The van der Waals surface area contributed by atoms with Gasteiger partial charge in [0.25, 0.3) is 0 Å². The van der Waals surface area contributed by atoms with E-state index in [0.717, 1.165) is 15.0 Å². The molecule has 7 nitrogen and oxygen atoms in total. The van der Waals surface area contributed by atoms with Crippen LogP contribution in [0.15, 0.2) is 53.0 Å². The Bertz CT molecular complexity index is 1060. The van der Waals surface area contributed by atoms with Crippen LogP contribution in [0.5, 0.6) is 0 Å². The molecule has 0 saturated carbocycles. The summed E-state index contributed by atoms with van der Waals surface area (Å²) in [5.41, 5.74) is 0.950. The first-order chi connectivity index (χ1) is 15.4. The maximum Gasteiger partial charge on any atom is 0.244 e. The van der Waals surface area contributed by atoms with Gasteiger partial charge in [-0.25, -0.2) is 12.8 Å². The van der Waals surface area contributed by atoms with Crippen LogP contribution >= 0.6 is 15.9 Å². The summed E-state index contributed by atoms with van der Waals surface area (Å²) < 4.78 is 40.2. The molecular formula is C23H29BrFN3O4S. The van der Waals surface area contributed by atoms with Crippen LogP contribution in [0.25, 0.3) is 0 Å². The first-order valence-corrected chi connectivity index (χ1v) is 13.1. The highest BCUT2D eigenvalue weighted by atomic mass is 79.9. The minimum Gasteiger partial charge on any atom is -0.352 e. The van der Waals surface area contributed by atoms with Crippen LogP contribution in [0.3, 0.4) is 0 Å². The van der Waals surface area contributed by atoms with Crippen molar-refractivity contribution in [3.05, 3.63) is 64.4 Å². The van der Waals surface area contributed by atoms with Crippen molar-refractivity contribution in [3.8, 4) is 0 Å². The topological polar surface area (TPSA) is 86.8 Å².